The molecule has 1 saturated heterocycles. The van der Waals surface area contributed by atoms with E-state index in [-0.39, 0.29) is 24.3 Å². The molecule has 0 atom stereocenters. The number of ketones is 1. The third kappa shape index (κ3) is 5.69. The first-order valence-corrected chi connectivity index (χ1v) is 10.4. The Bertz CT molecular complexity index is 902. The number of benzene rings is 2. The van der Waals surface area contributed by atoms with E-state index >= 15 is 0 Å². The van der Waals surface area contributed by atoms with Gasteiger partial charge >= 0.3 is 6.03 Å². The first-order chi connectivity index (χ1) is 14.4. The maximum Gasteiger partial charge on any atom is 0.324 e. The topological polar surface area (TPSA) is 69.7 Å². The number of hydrogen-bond donors (Lipinski definition) is 1. The fourth-order valence-corrected chi connectivity index (χ4v) is 3.61. The minimum Gasteiger partial charge on any atom is -0.349 e. The van der Waals surface area contributed by atoms with Crippen molar-refractivity contribution < 1.29 is 14.4 Å². The molecule has 6 nitrogen and oxygen atoms in total. The largest absolute Gasteiger partial charge is 0.349 e. The van der Waals surface area contributed by atoms with Crippen LogP contribution in [0.4, 0.5) is 10.5 Å². The monoisotopic (exact) mass is 407 g/mol. The number of rotatable bonds is 6. The molecule has 6 heteroatoms. The number of carbonyl (C=O) groups is 3. The van der Waals surface area contributed by atoms with E-state index in [1.165, 1.54) is 13.3 Å². The lowest BCUT2D eigenvalue weighted by Crippen LogP contribution is -2.45. The zero-order valence-corrected chi connectivity index (χ0v) is 17.7. The van der Waals surface area contributed by atoms with Gasteiger partial charge in [0.05, 0.1) is 13.1 Å². The van der Waals surface area contributed by atoms with E-state index in [1.54, 1.807) is 12.1 Å². The van der Waals surface area contributed by atoms with Gasteiger partial charge in [0, 0.05) is 31.3 Å². The van der Waals surface area contributed by atoms with Crippen LogP contribution in [0, 0.1) is 6.92 Å². The number of amides is 3. The lowest BCUT2D eigenvalue weighted by atomic mass is 10.1. The summed E-state index contributed by atoms with van der Waals surface area (Å²) in [7, 11) is 0. The molecule has 1 heterocycles. The van der Waals surface area contributed by atoms with Crippen molar-refractivity contribution >= 4 is 23.4 Å². The molecule has 2 aromatic carbocycles. The Kier molecular flexibility index (Phi) is 7.22. The Morgan fingerprint density at radius 3 is 2.33 bits per heavy atom. The first kappa shape index (κ1) is 21.6. The lowest BCUT2D eigenvalue weighted by Gasteiger charge is -2.33. The van der Waals surface area contributed by atoms with Crippen LogP contribution in [0.3, 0.4) is 0 Å². The molecule has 1 aliphatic heterocycles. The molecule has 1 fully saturated rings. The lowest BCUT2D eigenvalue weighted by molar-refractivity contribution is -0.118. The molecule has 0 radical (unpaired) electrons. The Labute approximate surface area is 177 Å². The molecule has 1 aliphatic rings. The molecule has 3 rings (SSSR count). The van der Waals surface area contributed by atoms with E-state index in [0.717, 1.165) is 42.7 Å². The standard InChI is InChI=1S/C24H29N3O3/c1-18-7-6-8-22(15-18)27(24(30)26-13-4-3-5-14-26)17-20-9-11-21(12-10-20)23(29)16-25-19(2)28/h6-12,15H,3-5,13-14,16-17H2,1-2H3,(H,25,28). The van der Waals surface area contributed by atoms with Crippen LogP contribution in [0.5, 0.6) is 0 Å². The van der Waals surface area contributed by atoms with Gasteiger partial charge in [-0.3, -0.25) is 14.5 Å². The summed E-state index contributed by atoms with van der Waals surface area (Å²) in [4.78, 5) is 40.2. The van der Waals surface area contributed by atoms with Crippen LogP contribution >= 0.6 is 0 Å². The normalized spacial score (nSPS) is 13.6. The van der Waals surface area contributed by atoms with Crippen molar-refractivity contribution in [3.05, 3.63) is 65.2 Å². The summed E-state index contributed by atoms with van der Waals surface area (Å²) in [5.41, 5.74) is 3.45. The number of hydrogen-bond acceptors (Lipinski definition) is 3. The van der Waals surface area contributed by atoms with Gasteiger partial charge in [-0.2, -0.15) is 0 Å². The predicted molar refractivity (Wildman–Crippen MR) is 118 cm³/mol. The fraction of sp³-hybridized carbons (Fsp3) is 0.375. The molecule has 2 aromatic rings. The predicted octanol–water partition coefficient (Wildman–Crippen LogP) is 3.93. The van der Waals surface area contributed by atoms with Gasteiger partial charge in [0.15, 0.2) is 5.78 Å². The highest BCUT2D eigenvalue weighted by molar-refractivity contribution is 5.99. The van der Waals surface area contributed by atoms with Crippen LogP contribution in [-0.4, -0.2) is 42.3 Å². The van der Waals surface area contributed by atoms with Crippen molar-refractivity contribution in [2.75, 3.05) is 24.5 Å². The molecule has 3 amide bonds. The van der Waals surface area contributed by atoms with Crippen molar-refractivity contribution in [2.45, 2.75) is 39.7 Å². The quantitative estimate of drug-likeness (QED) is 0.738. The Balaban J connectivity index is 1.78. The highest BCUT2D eigenvalue weighted by atomic mass is 16.2. The van der Waals surface area contributed by atoms with E-state index < -0.39 is 0 Å². The number of nitrogens with one attached hydrogen (secondary N) is 1. The summed E-state index contributed by atoms with van der Waals surface area (Å²) in [5.74, 6) is -0.373. The van der Waals surface area contributed by atoms with Gasteiger partial charge < -0.3 is 10.2 Å². The van der Waals surface area contributed by atoms with E-state index in [1.807, 2.05) is 53.1 Å². The van der Waals surface area contributed by atoms with Crippen LogP contribution in [0.2, 0.25) is 0 Å². The number of carbonyl (C=O) groups excluding carboxylic acids is 3. The summed E-state index contributed by atoms with van der Waals surface area (Å²) < 4.78 is 0. The molecule has 0 aromatic heterocycles. The van der Waals surface area contributed by atoms with Crippen molar-refractivity contribution in [3.8, 4) is 0 Å². The number of likely N-dealkylation sites (tertiary alicyclic amines) is 1. The number of aryl methyl sites for hydroxylation is 1. The van der Waals surface area contributed by atoms with Crippen molar-refractivity contribution in [1.82, 2.24) is 10.2 Å². The van der Waals surface area contributed by atoms with Crippen LogP contribution in [0.15, 0.2) is 48.5 Å². The number of anilines is 1. The third-order valence-corrected chi connectivity index (χ3v) is 5.29. The molecule has 1 N–H and O–H groups in total. The second-order valence-electron chi connectivity index (χ2n) is 7.79. The molecule has 30 heavy (non-hydrogen) atoms. The van der Waals surface area contributed by atoms with Gasteiger partial charge in [-0.05, 0) is 49.4 Å². The first-order valence-electron chi connectivity index (χ1n) is 10.4. The van der Waals surface area contributed by atoms with E-state index in [4.69, 9.17) is 0 Å². The highest BCUT2D eigenvalue weighted by Gasteiger charge is 2.24. The van der Waals surface area contributed by atoms with Gasteiger partial charge in [-0.1, -0.05) is 36.4 Å². The molecule has 0 unspecified atom stereocenters. The fourth-order valence-electron chi connectivity index (χ4n) is 3.61. The Morgan fingerprint density at radius 1 is 1.00 bits per heavy atom. The van der Waals surface area contributed by atoms with Gasteiger partial charge in [-0.15, -0.1) is 0 Å². The molecule has 0 spiro atoms. The minimum atomic E-state index is -0.231. The number of urea groups is 1. The van der Waals surface area contributed by atoms with Crippen molar-refractivity contribution in [1.29, 1.82) is 0 Å². The second kappa shape index (κ2) is 10.1. The summed E-state index contributed by atoms with van der Waals surface area (Å²) >= 11 is 0. The van der Waals surface area contributed by atoms with Gasteiger partial charge in [-0.25, -0.2) is 4.79 Å². The van der Waals surface area contributed by atoms with Gasteiger partial charge in [0.2, 0.25) is 5.91 Å². The molecule has 0 saturated carbocycles. The maximum absolute atomic E-state index is 13.3. The molecule has 0 bridgehead atoms. The van der Waals surface area contributed by atoms with E-state index in [9.17, 15) is 14.4 Å². The zero-order valence-electron chi connectivity index (χ0n) is 17.7. The maximum atomic E-state index is 13.3. The van der Waals surface area contributed by atoms with Gasteiger partial charge in [0.25, 0.3) is 0 Å². The van der Waals surface area contributed by atoms with E-state index in [0.29, 0.717) is 12.1 Å². The molecular weight excluding hydrogens is 378 g/mol. The average molecular weight is 408 g/mol. The Morgan fingerprint density at radius 2 is 1.70 bits per heavy atom. The third-order valence-electron chi connectivity index (χ3n) is 5.29. The SMILES string of the molecule is CC(=O)NCC(=O)c1ccc(CN(C(=O)N2CCCCC2)c2cccc(C)c2)cc1. The van der Waals surface area contributed by atoms with Crippen LogP contribution in [-0.2, 0) is 11.3 Å². The summed E-state index contributed by atoms with van der Waals surface area (Å²) in [6.07, 6.45) is 3.25. The highest BCUT2D eigenvalue weighted by Crippen LogP contribution is 2.22. The Hall–Kier alpha value is -3.15. The van der Waals surface area contributed by atoms with E-state index in [2.05, 4.69) is 5.32 Å². The molecule has 0 aliphatic carbocycles. The number of piperidine rings is 1. The number of Topliss-reactive ketones (excluding diaryl/α,β-unsaturated/α-hetero) is 1. The van der Waals surface area contributed by atoms with Crippen molar-refractivity contribution in [2.24, 2.45) is 0 Å². The summed E-state index contributed by atoms with van der Waals surface area (Å²) in [6.45, 7) is 5.39. The van der Waals surface area contributed by atoms with Gasteiger partial charge in [0.1, 0.15) is 0 Å². The van der Waals surface area contributed by atoms with Crippen LogP contribution < -0.4 is 10.2 Å². The minimum absolute atomic E-state index is 0.0163. The zero-order chi connectivity index (χ0) is 21.5. The molecular formula is C24H29N3O3. The van der Waals surface area contributed by atoms with Crippen molar-refractivity contribution in [3.63, 3.8) is 0 Å². The summed E-state index contributed by atoms with van der Waals surface area (Å²) in [6, 6.07) is 15.2. The van der Waals surface area contributed by atoms with Crippen LogP contribution in [0.1, 0.15) is 47.7 Å². The molecule has 158 valence electrons. The second-order valence-corrected chi connectivity index (χ2v) is 7.79. The van der Waals surface area contributed by atoms with Crippen LogP contribution in [0.25, 0.3) is 0 Å². The summed E-state index contributed by atoms with van der Waals surface area (Å²) in [5, 5.41) is 2.52. The number of nitrogens with zero attached hydrogens (tertiary/aromatic N) is 2. The average Bonchev–Trinajstić information content (AvgIpc) is 2.76. The smallest absolute Gasteiger partial charge is 0.324 e.